The van der Waals surface area contributed by atoms with Crippen molar-refractivity contribution in [2.75, 3.05) is 28.4 Å². The standard InChI is InChI=1S/C26H27NO7/c1-30-22-15-19(10-11-21(22)34-16-17-8-6-5-7-9-17)25(28)20(27-29)12-18-13-23(31-2)26(33-4)24(14-18)32-3/h5-11,13-15,29H,12,16H2,1-4H3. The maximum absolute atomic E-state index is 13.1. The van der Waals surface area contributed by atoms with Gasteiger partial charge in [-0.25, -0.2) is 0 Å². The fourth-order valence-electron chi connectivity index (χ4n) is 3.42. The summed E-state index contributed by atoms with van der Waals surface area (Å²) in [6.07, 6.45) is 0.0423. The predicted octanol–water partition coefficient (Wildman–Crippen LogP) is 4.56. The van der Waals surface area contributed by atoms with E-state index in [1.54, 1.807) is 30.3 Å². The maximum Gasteiger partial charge on any atom is 0.211 e. The van der Waals surface area contributed by atoms with Crippen molar-refractivity contribution in [2.24, 2.45) is 5.16 Å². The highest BCUT2D eigenvalue weighted by Crippen LogP contribution is 2.38. The Kier molecular flexibility index (Phi) is 8.34. The van der Waals surface area contributed by atoms with Gasteiger partial charge in [-0.3, -0.25) is 4.79 Å². The molecule has 8 nitrogen and oxygen atoms in total. The van der Waals surface area contributed by atoms with Crippen molar-refractivity contribution in [3.8, 4) is 28.7 Å². The second kappa shape index (κ2) is 11.6. The number of ether oxygens (including phenoxy) is 5. The Labute approximate surface area is 198 Å². The summed E-state index contributed by atoms with van der Waals surface area (Å²) in [7, 11) is 6.00. The van der Waals surface area contributed by atoms with Crippen LogP contribution >= 0.6 is 0 Å². The number of nitrogens with zero attached hydrogens (tertiary/aromatic N) is 1. The molecule has 0 atom stereocenters. The van der Waals surface area contributed by atoms with Crippen molar-refractivity contribution in [3.63, 3.8) is 0 Å². The number of carbonyl (C=O) groups is 1. The van der Waals surface area contributed by atoms with Crippen LogP contribution < -0.4 is 23.7 Å². The monoisotopic (exact) mass is 465 g/mol. The highest BCUT2D eigenvalue weighted by atomic mass is 16.5. The van der Waals surface area contributed by atoms with Crippen LogP contribution in [0.1, 0.15) is 21.5 Å². The molecule has 0 spiro atoms. The average molecular weight is 466 g/mol. The van der Waals surface area contributed by atoms with Crippen molar-refractivity contribution in [3.05, 3.63) is 77.4 Å². The number of benzene rings is 3. The van der Waals surface area contributed by atoms with Crippen molar-refractivity contribution >= 4 is 11.5 Å². The summed E-state index contributed by atoms with van der Waals surface area (Å²) in [5.74, 6) is 1.73. The van der Waals surface area contributed by atoms with E-state index in [-0.39, 0.29) is 12.1 Å². The Bertz CT molecular complexity index is 1130. The molecule has 3 aromatic rings. The summed E-state index contributed by atoms with van der Waals surface area (Å²) in [4.78, 5) is 13.1. The molecule has 8 heteroatoms. The Hall–Kier alpha value is -4.20. The van der Waals surface area contributed by atoms with Crippen LogP contribution in [-0.4, -0.2) is 45.1 Å². The Morgan fingerprint density at radius 3 is 1.97 bits per heavy atom. The van der Waals surface area contributed by atoms with Crippen molar-refractivity contribution < 1.29 is 33.7 Å². The molecule has 34 heavy (non-hydrogen) atoms. The summed E-state index contributed by atoms with van der Waals surface area (Å²) >= 11 is 0. The number of carbonyl (C=O) groups excluding carboxylic acids is 1. The van der Waals surface area contributed by atoms with Crippen LogP contribution in [0, 0.1) is 0 Å². The fraction of sp³-hybridized carbons (Fsp3) is 0.231. The summed E-state index contributed by atoms with van der Waals surface area (Å²) in [5, 5.41) is 12.8. The third-order valence-corrected chi connectivity index (χ3v) is 5.14. The SMILES string of the molecule is COc1cc(C(=O)C(Cc2cc(OC)c(OC)c(OC)c2)=NO)ccc1OCc1ccccc1. The zero-order valence-electron chi connectivity index (χ0n) is 19.5. The lowest BCUT2D eigenvalue weighted by Gasteiger charge is -2.15. The topological polar surface area (TPSA) is 95.8 Å². The average Bonchev–Trinajstić information content (AvgIpc) is 2.89. The van der Waals surface area contributed by atoms with Gasteiger partial charge in [0.1, 0.15) is 12.3 Å². The summed E-state index contributed by atoms with van der Waals surface area (Å²) in [6.45, 7) is 0.356. The lowest BCUT2D eigenvalue weighted by Crippen LogP contribution is -2.17. The molecule has 0 aliphatic heterocycles. The molecule has 0 saturated heterocycles. The quantitative estimate of drug-likeness (QED) is 0.192. The molecular weight excluding hydrogens is 438 g/mol. The summed E-state index contributed by atoms with van der Waals surface area (Å²) in [5.41, 5.74) is 1.88. The van der Waals surface area contributed by atoms with Crippen molar-refractivity contribution in [1.29, 1.82) is 0 Å². The molecule has 0 aromatic heterocycles. The largest absolute Gasteiger partial charge is 0.493 e. The van der Waals surface area contributed by atoms with E-state index in [9.17, 15) is 10.0 Å². The number of Topliss-reactive ketones (excluding diaryl/α,β-unsaturated/α-hetero) is 1. The minimum absolute atomic E-state index is 0.0423. The molecule has 0 unspecified atom stereocenters. The second-order valence-electron chi connectivity index (χ2n) is 7.23. The van der Waals surface area contributed by atoms with E-state index >= 15 is 0 Å². The van der Waals surface area contributed by atoms with E-state index in [4.69, 9.17) is 23.7 Å². The molecule has 0 aliphatic rings. The van der Waals surface area contributed by atoms with Gasteiger partial charge in [0.05, 0.1) is 28.4 Å². The van der Waals surface area contributed by atoms with E-state index in [1.165, 1.54) is 28.4 Å². The Balaban J connectivity index is 1.81. The van der Waals surface area contributed by atoms with E-state index in [2.05, 4.69) is 5.16 Å². The van der Waals surface area contributed by atoms with E-state index < -0.39 is 5.78 Å². The molecule has 0 saturated carbocycles. The van der Waals surface area contributed by atoms with Gasteiger partial charge >= 0.3 is 0 Å². The van der Waals surface area contributed by atoms with Gasteiger partial charge in [0.2, 0.25) is 11.5 Å². The third kappa shape index (κ3) is 5.58. The first-order chi connectivity index (χ1) is 16.5. The van der Waals surface area contributed by atoms with Gasteiger partial charge in [-0.15, -0.1) is 0 Å². The molecule has 0 bridgehead atoms. The van der Waals surface area contributed by atoms with Gasteiger partial charge in [0, 0.05) is 12.0 Å². The molecule has 3 aromatic carbocycles. The van der Waals surface area contributed by atoms with Crippen molar-refractivity contribution in [1.82, 2.24) is 0 Å². The van der Waals surface area contributed by atoms with Crippen LogP contribution in [0.2, 0.25) is 0 Å². The van der Waals surface area contributed by atoms with Crippen molar-refractivity contribution in [2.45, 2.75) is 13.0 Å². The molecule has 0 fully saturated rings. The first kappa shape index (κ1) is 24.4. The van der Waals surface area contributed by atoms with E-state index in [0.29, 0.717) is 46.5 Å². The van der Waals surface area contributed by atoms with E-state index in [0.717, 1.165) is 5.56 Å². The Morgan fingerprint density at radius 1 is 0.765 bits per heavy atom. The van der Waals surface area contributed by atoms with Gasteiger partial charge in [-0.1, -0.05) is 35.5 Å². The second-order valence-corrected chi connectivity index (χ2v) is 7.23. The number of ketones is 1. The Morgan fingerprint density at radius 2 is 1.41 bits per heavy atom. The van der Waals surface area contributed by atoms with Crippen LogP contribution in [0.3, 0.4) is 0 Å². The predicted molar refractivity (Wildman–Crippen MR) is 127 cm³/mol. The number of oxime groups is 1. The first-order valence-corrected chi connectivity index (χ1v) is 10.4. The lowest BCUT2D eigenvalue weighted by molar-refractivity contribution is 0.105. The summed E-state index contributed by atoms with van der Waals surface area (Å²) < 4.78 is 27.3. The van der Waals surface area contributed by atoms with Gasteiger partial charge < -0.3 is 28.9 Å². The molecule has 0 amide bonds. The van der Waals surface area contributed by atoms with Gasteiger partial charge in [-0.2, -0.15) is 0 Å². The highest BCUT2D eigenvalue weighted by molar-refractivity contribution is 6.46. The first-order valence-electron chi connectivity index (χ1n) is 10.4. The third-order valence-electron chi connectivity index (χ3n) is 5.14. The molecular formula is C26H27NO7. The minimum Gasteiger partial charge on any atom is -0.493 e. The molecule has 1 N–H and O–H groups in total. The smallest absolute Gasteiger partial charge is 0.211 e. The zero-order chi connectivity index (χ0) is 24.5. The van der Waals surface area contributed by atoms with Crippen LogP contribution in [0.4, 0.5) is 0 Å². The molecule has 178 valence electrons. The number of rotatable bonds is 11. The van der Waals surface area contributed by atoms with Crippen LogP contribution in [0.15, 0.2) is 65.8 Å². The van der Waals surface area contributed by atoms with Crippen LogP contribution in [-0.2, 0) is 13.0 Å². The van der Waals surface area contributed by atoms with Gasteiger partial charge in [-0.05, 0) is 41.5 Å². The number of hydrogen-bond acceptors (Lipinski definition) is 8. The molecule has 0 aliphatic carbocycles. The maximum atomic E-state index is 13.1. The lowest BCUT2D eigenvalue weighted by atomic mass is 9.99. The van der Waals surface area contributed by atoms with Crippen LogP contribution in [0.5, 0.6) is 28.7 Å². The fourth-order valence-corrected chi connectivity index (χ4v) is 3.42. The summed E-state index contributed by atoms with van der Waals surface area (Å²) in [6, 6.07) is 17.9. The van der Waals surface area contributed by atoms with Crippen LogP contribution in [0.25, 0.3) is 0 Å². The molecule has 0 radical (unpaired) electrons. The highest BCUT2D eigenvalue weighted by Gasteiger charge is 2.20. The number of methoxy groups -OCH3 is 4. The zero-order valence-corrected chi connectivity index (χ0v) is 19.5. The minimum atomic E-state index is -0.454. The molecule has 0 heterocycles. The van der Waals surface area contributed by atoms with E-state index in [1.807, 2.05) is 30.3 Å². The molecule has 3 rings (SSSR count). The number of hydrogen-bond donors (Lipinski definition) is 1. The van der Waals surface area contributed by atoms with Gasteiger partial charge in [0.25, 0.3) is 0 Å². The normalized spacial score (nSPS) is 11.0. The van der Waals surface area contributed by atoms with Gasteiger partial charge in [0.15, 0.2) is 23.0 Å².